The zero-order chi connectivity index (χ0) is 15.1. The third kappa shape index (κ3) is 4.13. The molecule has 2 aromatic rings. The van der Waals surface area contributed by atoms with Gasteiger partial charge in [0, 0.05) is 5.56 Å². The van der Waals surface area contributed by atoms with Gasteiger partial charge in [0.2, 0.25) is 0 Å². The number of halogens is 1. The molecule has 0 saturated carbocycles. The Labute approximate surface area is 123 Å². The highest BCUT2D eigenvalue weighted by molar-refractivity contribution is 5.99. The van der Waals surface area contributed by atoms with Crippen LogP contribution in [-0.4, -0.2) is 19.0 Å². The van der Waals surface area contributed by atoms with E-state index in [1.165, 1.54) is 6.07 Å². The fourth-order valence-electron chi connectivity index (χ4n) is 1.93. The summed E-state index contributed by atoms with van der Waals surface area (Å²) in [5.41, 5.74) is 0.913. The van der Waals surface area contributed by atoms with E-state index in [0.717, 1.165) is 0 Å². The number of benzene rings is 2. The minimum Gasteiger partial charge on any atom is -0.493 e. The Morgan fingerprint density at radius 3 is 2.57 bits per heavy atom. The van der Waals surface area contributed by atoms with E-state index in [-0.39, 0.29) is 24.8 Å². The average Bonchev–Trinajstić information content (AvgIpc) is 2.50. The fourth-order valence-corrected chi connectivity index (χ4v) is 1.93. The molecule has 0 saturated heterocycles. The quantitative estimate of drug-likeness (QED) is 0.730. The number of Topliss-reactive ketones (excluding diaryl/α,β-unsaturated/α-hetero) is 1. The van der Waals surface area contributed by atoms with Crippen LogP contribution >= 0.6 is 0 Å². The first kappa shape index (κ1) is 15.2. The van der Waals surface area contributed by atoms with Crippen LogP contribution in [0.25, 0.3) is 0 Å². The second-order valence-corrected chi connectivity index (χ2v) is 4.44. The summed E-state index contributed by atoms with van der Waals surface area (Å²) in [6.45, 7) is 2.30. The molecule has 0 N–H and O–H groups in total. The van der Waals surface area contributed by atoms with E-state index < -0.39 is 0 Å². The number of hydrogen-bond donors (Lipinski definition) is 0. The number of rotatable bonds is 7. The molecule has 0 aliphatic heterocycles. The van der Waals surface area contributed by atoms with Gasteiger partial charge in [-0.25, -0.2) is 4.39 Å². The smallest absolute Gasteiger partial charge is 0.192 e. The van der Waals surface area contributed by atoms with E-state index in [0.29, 0.717) is 23.5 Å². The van der Waals surface area contributed by atoms with Crippen molar-refractivity contribution < 1.29 is 18.7 Å². The van der Waals surface area contributed by atoms with Gasteiger partial charge in [0.25, 0.3) is 0 Å². The molecule has 4 heteroatoms. The summed E-state index contributed by atoms with van der Waals surface area (Å²) >= 11 is 0. The van der Waals surface area contributed by atoms with Crippen molar-refractivity contribution in [3.8, 4) is 5.75 Å². The molecule has 2 rings (SSSR count). The van der Waals surface area contributed by atoms with Gasteiger partial charge >= 0.3 is 0 Å². The molecule has 0 unspecified atom stereocenters. The molecule has 0 aromatic heterocycles. The van der Waals surface area contributed by atoms with Crippen molar-refractivity contribution >= 4 is 5.78 Å². The van der Waals surface area contributed by atoms with E-state index in [2.05, 4.69) is 0 Å². The van der Waals surface area contributed by atoms with Crippen molar-refractivity contribution in [2.24, 2.45) is 0 Å². The minimum atomic E-state index is -0.334. The Hall–Kier alpha value is -2.20. The van der Waals surface area contributed by atoms with Crippen LogP contribution in [0.4, 0.5) is 4.39 Å². The summed E-state index contributed by atoms with van der Waals surface area (Å²) in [5.74, 6) is 0.0227. The first-order valence-corrected chi connectivity index (χ1v) is 6.78. The topological polar surface area (TPSA) is 35.5 Å². The lowest BCUT2D eigenvalue weighted by atomic mass is 10.1. The molecule has 21 heavy (non-hydrogen) atoms. The maximum Gasteiger partial charge on any atom is 0.192 e. The van der Waals surface area contributed by atoms with Crippen molar-refractivity contribution in [2.75, 3.05) is 13.2 Å². The number of carbonyl (C=O) groups is 1. The molecule has 0 fully saturated rings. The van der Waals surface area contributed by atoms with E-state index in [4.69, 9.17) is 9.47 Å². The molecule has 0 amide bonds. The SMILES string of the molecule is CCOc1ccccc1C(=O)COCc1ccccc1F. The van der Waals surface area contributed by atoms with Crippen LogP contribution in [0.15, 0.2) is 48.5 Å². The summed E-state index contributed by atoms with van der Waals surface area (Å²) in [6.07, 6.45) is 0. The van der Waals surface area contributed by atoms with Crippen LogP contribution in [0.3, 0.4) is 0 Å². The second kappa shape index (κ2) is 7.55. The lowest BCUT2D eigenvalue weighted by molar-refractivity contribution is 0.0717. The summed E-state index contributed by atoms with van der Waals surface area (Å²) in [4.78, 5) is 12.1. The number of hydrogen-bond acceptors (Lipinski definition) is 3. The second-order valence-electron chi connectivity index (χ2n) is 4.44. The van der Waals surface area contributed by atoms with Crippen LogP contribution in [0.1, 0.15) is 22.8 Å². The Morgan fingerprint density at radius 2 is 1.81 bits per heavy atom. The fraction of sp³-hybridized carbons (Fsp3) is 0.235. The molecular weight excluding hydrogens is 271 g/mol. The summed E-state index contributed by atoms with van der Waals surface area (Å²) < 4.78 is 24.1. The van der Waals surface area contributed by atoms with Gasteiger partial charge < -0.3 is 9.47 Å². The van der Waals surface area contributed by atoms with Crippen LogP contribution in [-0.2, 0) is 11.3 Å². The largest absolute Gasteiger partial charge is 0.493 e. The van der Waals surface area contributed by atoms with Gasteiger partial charge in [-0.15, -0.1) is 0 Å². The number of ketones is 1. The Balaban J connectivity index is 1.95. The highest BCUT2D eigenvalue weighted by Gasteiger charge is 2.12. The highest BCUT2D eigenvalue weighted by Crippen LogP contribution is 2.18. The molecular formula is C17H17FO3. The van der Waals surface area contributed by atoms with Gasteiger partial charge in [-0.05, 0) is 25.1 Å². The zero-order valence-electron chi connectivity index (χ0n) is 11.8. The third-order valence-corrected chi connectivity index (χ3v) is 2.94. The predicted molar refractivity (Wildman–Crippen MR) is 78.0 cm³/mol. The third-order valence-electron chi connectivity index (χ3n) is 2.94. The van der Waals surface area contributed by atoms with Crippen molar-refractivity contribution in [1.29, 1.82) is 0 Å². The first-order chi connectivity index (χ1) is 10.2. The molecule has 0 atom stereocenters. The Bertz CT molecular complexity index is 610. The minimum absolute atomic E-state index is 0.0647. The van der Waals surface area contributed by atoms with Crippen LogP contribution in [0.5, 0.6) is 5.75 Å². The molecule has 0 bridgehead atoms. The summed E-state index contributed by atoms with van der Waals surface area (Å²) in [5, 5.41) is 0. The van der Waals surface area contributed by atoms with Gasteiger partial charge in [0.05, 0.1) is 18.8 Å². The molecule has 110 valence electrons. The lowest BCUT2D eigenvalue weighted by Crippen LogP contribution is -2.11. The molecule has 0 aliphatic carbocycles. The van der Waals surface area contributed by atoms with Crippen LogP contribution in [0.2, 0.25) is 0 Å². The Kier molecular flexibility index (Phi) is 5.46. The molecule has 0 heterocycles. The van der Waals surface area contributed by atoms with Gasteiger partial charge in [0.15, 0.2) is 5.78 Å². The normalized spacial score (nSPS) is 10.4. The number of para-hydroxylation sites is 1. The molecule has 0 spiro atoms. The number of ether oxygens (including phenoxy) is 2. The van der Waals surface area contributed by atoms with E-state index in [9.17, 15) is 9.18 Å². The standard InChI is InChI=1S/C17H17FO3/c1-2-21-17-10-6-4-8-14(17)16(19)12-20-11-13-7-3-5-9-15(13)18/h3-10H,2,11-12H2,1H3. The van der Waals surface area contributed by atoms with Gasteiger partial charge in [-0.2, -0.15) is 0 Å². The maximum absolute atomic E-state index is 13.4. The summed E-state index contributed by atoms with van der Waals surface area (Å²) in [6, 6.07) is 13.4. The van der Waals surface area contributed by atoms with Crippen molar-refractivity contribution in [3.05, 3.63) is 65.5 Å². The Morgan fingerprint density at radius 1 is 1.10 bits per heavy atom. The van der Waals surface area contributed by atoms with Crippen molar-refractivity contribution in [2.45, 2.75) is 13.5 Å². The maximum atomic E-state index is 13.4. The molecule has 0 radical (unpaired) electrons. The van der Waals surface area contributed by atoms with Crippen LogP contribution < -0.4 is 4.74 Å². The zero-order valence-corrected chi connectivity index (χ0v) is 11.8. The van der Waals surface area contributed by atoms with Gasteiger partial charge in [-0.3, -0.25) is 4.79 Å². The highest BCUT2D eigenvalue weighted by atomic mass is 19.1. The lowest BCUT2D eigenvalue weighted by Gasteiger charge is -2.09. The molecule has 0 aliphatic rings. The van der Waals surface area contributed by atoms with Gasteiger partial charge in [-0.1, -0.05) is 30.3 Å². The van der Waals surface area contributed by atoms with Gasteiger partial charge in [0.1, 0.15) is 18.2 Å². The van der Waals surface area contributed by atoms with Crippen molar-refractivity contribution in [3.63, 3.8) is 0 Å². The van der Waals surface area contributed by atoms with E-state index >= 15 is 0 Å². The molecule has 3 nitrogen and oxygen atoms in total. The molecule has 2 aromatic carbocycles. The predicted octanol–water partition coefficient (Wildman–Crippen LogP) is 3.62. The van der Waals surface area contributed by atoms with Crippen molar-refractivity contribution in [1.82, 2.24) is 0 Å². The van der Waals surface area contributed by atoms with E-state index in [1.54, 1.807) is 36.4 Å². The van der Waals surface area contributed by atoms with E-state index in [1.807, 2.05) is 13.0 Å². The monoisotopic (exact) mass is 288 g/mol. The average molecular weight is 288 g/mol. The summed E-state index contributed by atoms with van der Waals surface area (Å²) in [7, 11) is 0. The first-order valence-electron chi connectivity index (χ1n) is 6.78. The van der Waals surface area contributed by atoms with Crippen LogP contribution in [0, 0.1) is 5.82 Å². The number of carbonyl (C=O) groups excluding carboxylic acids is 1.